The van der Waals surface area contributed by atoms with Gasteiger partial charge in [0.15, 0.2) is 5.65 Å². The molecule has 1 aliphatic rings. The number of carbonyl (C=O) groups excluding carboxylic acids is 1. The Morgan fingerprint density at radius 3 is 3.14 bits per heavy atom. The lowest BCUT2D eigenvalue weighted by Crippen LogP contribution is -2.19. The third-order valence-corrected chi connectivity index (χ3v) is 3.71. The number of anilines is 1. The number of esters is 1. The molecule has 1 saturated heterocycles. The number of aromatic nitrogens is 3. The number of aryl methyl sites for hydroxylation is 1. The van der Waals surface area contributed by atoms with E-state index in [2.05, 4.69) is 20.7 Å². The molecule has 0 amide bonds. The highest BCUT2D eigenvalue weighted by molar-refractivity contribution is 5.74. The molecule has 22 heavy (non-hydrogen) atoms. The Morgan fingerprint density at radius 2 is 2.41 bits per heavy atom. The maximum Gasteiger partial charge on any atom is 0.325 e. The van der Waals surface area contributed by atoms with E-state index in [4.69, 9.17) is 4.74 Å². The fourth-order valence-electron chi connectivity index (χ4n) is 2.73. The number of hydrogen-bond acceptors (Lipinski definition) is 6. The fourth-order valence-corrected chi connectivity index (χ4v) is 2.73. The number of nitrogens with one attached hydrogen (secondary N) is 2. The van der Waals surface area contributed by atoms with Crippen molar-refractivity contribution in [1.29, 1.82) is 0 Å². The van der Waals surface area contributed by atoms with Gasteiger partial charge >= 0.3 is 5.97 Å². The lowest BCUT2D eigenvalue weighted by molar-refractivity contribution is -0.140. The number of nitrogens with zero attached hydrogens (tertiary/aromatic N) is 3. The molecule has 118 valence electrons. The third kappa shape index (κ3) is 3.04. The summed E-state index contributed by atoms with van der Waals surface area (Å²) in [6.07, 6.45) is 2.26. The molecule has 2 N–H and O–H groups in total. The van der Waals surface area contributed by atoms with Crippen molar-refractivity contribution in [2.24, 2.45) is 0 Å². The minimum Gasteiger partial charge on any atom is -0.465 e. The summed E-state index contributed by atoms with van der Waals surface area (Å²) in [5.41, 5.74) is 2.66. The van der Waals surface area contributed by atoms with Gasteiger partial charge in [-0.3, -0.25) is 4.79 Å². The highest BCUT2D eigenvalue weighted by atomic mass is 16.5. The molecule has 0 bridgehead atoms. The van der Waals surface area contributed by atoms with Crippen LogP contribution in [-0.4, -0.2) is 40.3 Å². The van der Waals surface area contributed by atoms with Crippen LogP contribution in [0.4, 0.5) is 5.82 Å². The predicted octanol–water partition coefficient (Wildman–Crippen LogP) is 1.44. The Bertz CT molecular complexity index is 676. The molecule has 1 unspecified atom stereocenters. The van der Waals surface area contributed by atoms with Gasteiger partial charge in [0.2, 0.25) is 0 Å². The van der Waals surface area contributed by atoms with Gasteiger partial charge in [-0.15, -0.1) is 0 Å². The van der Waals surface area contributed by atoms with Gasteiger partial charge in [-0.1, -0.05) is 0 Å². The van der Waals surface area contributed by atoms with E-state index in [9.17, 15) is 4.79 Å². The Kier molecular flexibility index (Phi) is 4.24. The highest BCUT2D eigenvalue weighted by Crippen LogP contribution is 2.24. The molecular weight excluding hydrogens is 282 g/mol. The molecule has 2 aromatic heterocycles. The quantitative estimate of drug-likeness (QED) is 0.814. The SMILES string of the molecule is CCOC(=O)CNc1cc(C)nc2cc(C3CCCN3)nn12. The predicted molar refractivity (Wildman–Crippen MR) is 82.8 cm³/mol. The Labute approximate surface area is 129 Å². The van der Waals surface area contributed by atoms with Crippen LogP contribution in [0.3, 0.4) is 0 Å². The van der Waals surface area contributed by atoms with Crippen molar-refractivity contribution in [1.82, 2.24) is 19.9 Å². The Morgan fingerprint density at radius 1 is 1.55 bits per heavy atom. The molecule has 3 heterocycles. The Hall–Kier alpha value is -2.15. The zero-order valence-corrected chi connectivity index (χ0v) is 12.9. The van der Waals surface area contributed by atoms with Gasteiger partial charge in [0, 0.05) is 17.8 Å². The molecular formula is C15H21N5O2. The van der Waals surface area contributed by atoms with Gasteiger partial charge in [-0.2, -0.15) is 9.61 Å². The van der Waals surface area contributed by atoms with Gasteiger partial charge in [-0.25, -0.2) is 4.98 Å². The van der Waals surface area contributed by atoms with Crippen LogP contribution < -0.4 is 10.6 Å². The second-order valence-electron chi connectivity index (χ2n) is 5.43. The summed E-state index contributed by atoms with van der Waals surface area (Å²) in [5, 5.41) is 11.2. The normalized spacial score (nSPS) is 17.8. The highest BCUT2D eigenvalue weighted by Gasteiger charge is 2.20. The van der Waals surface area contributed by atoms with Gasteiger partial charge in [0.25, 0.3) is 0 Å². The maximum absolute atomic E-state index is 11.5. The van der Waals surface area contributed by atoms with Gasteiger partial charge in [-0.05, 0) is 33.2 Å². The molecule has 0 aromatic carbocycles. The van der Waals surface area contributed by atoms with Crippen molar-refractivity contribution in [3.8, 4) is 0 Å². The van der Waals surface area contributed by atoms with Gasteiger partial charge in [0.05, 0.1) is 18.3 Å². The topological polar surface area (TPSA) is 80.5 Å². The lowest BCUT2D eigenvalue weighted by atomic mass is 10.2. The van der Waals surface area contributed by atoms with Crippen molar-refractivity contribution >= 4 is 17.4 Å². The van der Waals surface area contributed by atoms with Crippen LogP contribution in [0.1, 0.15) is 37.2 Å². The van der Waals surface area contributed by atoms with E-state index in [-0.39, 0.29) is 12.5 Å². The Balaban J connectivity index is 1.86. The molecule has 1 fully saturated rings. The average molecular weight is 303 g/mol. The van der Waals surface area contributed by atoms with E-state index < -0.39 is 0 Å². The molecule has 0 saturated carbocycles. The summed E-state index contributed by atoms with van der Waals surface area (Å²) < 4.78 is 6.69. The zero-order valence-electron chi connectivity index (χ0n) is 12.9. The summed E-state index contributed by atoms with van der Waals surface area (Å²) in [6, 6.07) is 4.18. The largest absolute Gasteiger partial charge is 0.465 e. The van der Waals surface area contributed by atoms with E-state index in [0.717, 1.165) is 35.8 Å². The number of rotatable bonds is 5. The number of ether oxygens (including phenoxy) is 1. The van der Waals surface area contributed by atoms with Gasteiger partial charge in [0.1, 0.15) is 12.4 Å². The van der Waals surface area contributed by atoms with E-state index in [1.807, 2.05) is 19.1 Å². The standard InChI is InChI=1S/C15H21N5O2/c1-3-22-15(21)9-17-13-7-10(2)18-14-8-12(19-20(13)14)11-5-4-6-16-11/h7-8,11,16-17H,3-6,9H2,1-2H3. The average Bonchev–Trinajstić information content (AvgIpc) is 3.13. The van der Waals surface area contributed by atoms with Crippen molar-refractivity contribution in [3.63, 3.8) is 0 Å². The summed E-state index contributed by atoms with van der Waals surface area (Å²) in [4.78, 5) is 16.0. The van der Waals surface area contributed by atoms with Crippen LogP contribution in [0.15, 0.2) is 12.1 Å². The van der Waals surface area contributed by atoms with Crippen LogP contribution in [0.25, 0.3) is 5.65 Å². The minimum absolute atomic E-state index is 0.114. The smallest absolute Gasteiger partial charge is 0.325 e. The molecule has 0 spiro atoms. The first-order chi connectivity index (χ1) is 10.7. The van der Waals surface area contributed by atoms with Crippen LogP contribution >= 0.6 is 0 Å². The van der Waals surface area contributed by atoms with Crippen molar-refractivity contribution in [2.45, 2.75) is 32.7 Å². The molecule has 2 aromatic rings. The van der Waals surface area contributed by atoms with Crippen LogP contribution in [-0.2, 0) is 9.53 Å². The molecule has 1 atom stereocenters. The van der Waals surface area contributed by atoms with E-state index in [0.29, 0.717) is 12.6 Å². The summed E-state index contributed by atoms with van der Waals surface area (Å²) >= 11 is 0. The number of fused-ring (bicyclic) bond motifs is 1. The second-order valence-corrected chi connectivity index (χ2v) is 5.43. The zero-order chi connectivity index (χ0) is 15.5. The van der Waals surface area contributed by atoms with Gasteiger partial charge < -0.3 is 15.4 Å². The second kappa shape index (κ2) is 6.31. The molecule has 1 aliphatic heterocycles. The first-order valence-electron chi connectivity index (χ1n) is 7.67. The molecule has 7 nitrogen and oxygen atoms in total. The lowest BCUT2D eigenvalue weighted by Gasteiger charge is -2.09. The first kappa shape index (κ1) is 14.8. The van der Waals surface area contributed by atoms with Crippen LogP contribution in [0.5, 0.6) is 0 Å². The summed E-state index contributed by atoms with van der Waals surface area (Å²) in [7, 11) is 0. The third-order valence-electron chi connectivity index (χ3n) is 3.71. The molecule has 0 radical (unpaired) electrons. The minimum atomic E-state index is -0.282. The monoisotopic (exact) mass is 303 g/mol. The maximum atomic E-state index is 11.5. The summed E-state index contributed by atoms with van der Waals surface area (Å²) in [5.74, 6) is 0.467. The first-order valence-corrected chi connectivity index (χ1v) is 7.67. The molecule has 3 rings (SSSR count). The van der Waals surface area contributed by atoms with Crippen molar-refractivity contribution in [3.05, 3.63) is 23.5 Å². The summed E-state index contributed by atoms with van der Waals surface area (Å²) in [6.45, 7) is 5.24. The van der Waals surface area contributed by atoms with E-state index in [1.165, 1.54) is 6.42 Å². The van der Waals surface area contributed by atoms with Crippen LogP contribution in [0, 0.1) is 6.92 Å². The van der Waals surface area contributed by atoms with Crippen molar-refractivity contribution < 1.29 is 9.53 Å². The van der Waals surface area contributed by atoms with Crippen LogP contribution in [0.2, 0.25) is 0 Å². The fraction of sp³-hybridized carbons (Fsp3) is 0.533. The van der Waals surface area contributed by atoms with E-state index in [1.54, 1.807) is 11.4 Å². The molecule has 0 aliphatic carbocycles. The number of hydrogen-bond donors (Lipinski definition) is 2. The van der Waals surface area contributed by atoms with Crippen molar-refractivity contribution in [2.75, 3.05) is 25.0 Å². The van der Waals surface area contributed by atoms with E-state index >= 15 is 0 Å². The molecule has 7 heteroatoms. The number of carbonyl (C=O) groups is 1.